The van der Waals surface area contributed by atoms with Crippen molar-refractivity contribution in [3.63, 3.8) is 0 Å². The minimum atomic E-state index is -0.360. The zero-order valence-corrected chi connectivity index (χ0v) is 8.89. The molecule has 4 heteroatoms. The predicted molar refractivity (Wildman–Crippen MR) is 55.3 cm³/mol. The molecule has 1 aromatic carbocycles. The molecule has 0 spiro atoms. The van der Waals surface area contributed by atoms with Gasteiger partial charge in [-0.3, -0.25) is 4.79 Å². The average molecular weight is 262 g/mol. The van der Waals surface area contributed by atoms with Crippen molar-refractivity contribution in [2.75, 3.05) is 0 Å². The second kappa shape index (κ2) is 3.94. The monoisotopic (exact) mass is 260 g/mol. The molecule has 0 saturated heterocycles. The summed E-state index contributed by atoms with van der Waals surface area (Å²) in [5.41, 5.74) is 0.148. The van der Waals surface area contributed by atoms with Crippen molar-refractivity contribution < 1.29 is 9.90 Å². The molecule has 2 nitrogen and oxygen atoms in total. The standard InChI is InChI=1S/C9H6BrClO2/c1-2-8(12)6-3-5(11)4-7(10)9(6)13/h2-4,13H,1H2. The first-order chi connectivity index (χ1) is 6.06. The zero-order chi connectivity index (χ0) is 10.0. The predicted octanol–water partition coefficient (Wildman–Crippen LogP) is 3.18. The van der Waals surface area contributed by atoms with E-state index in [4.69, 9.17) is 11.6 Å². The number of benzene rings is 1. The van der Waals surface area contributed by atoms with Gasteiger partial charge in [-0.1, -0.05) is 18.2 Å². The third-order valence-electron chi connectivity index (χ3n) is 1.48. The highest BCUT2D eigenvalue weighted by atomic mass is 79.9. The molecule has 0 aromatic heterocycles. The van der Waals surface area contributed by atoms with Crippen molar-refractivity contribution in [1.29, 1.82) is 0 Å². The number of rotatable bonds is 2. The van der Waals surface area contributed by atoms with Gasteiger partial charge in [0.1, 0.15) is 5.75 Å². The van der Waals surface area contributed by atoms with Gasteiger partial charge in [0.25, 0.3) is 0 Å². The molecule has 0 saturated carbocycles. The van der Waals surface area contributed by atoms with Crippen LogP contribution in [0.3, 0.4) is 0 Å². The molecule has 1 N–H and O–H groups in total. The van der Waals surface area contributed by atoms with Gasteiger partial charge in [0.2, 0.25) is 0 Å². The number of carbonyl (C=O) groups excluding carboxylic acids is 1. The Labute approximate surface area is 89.0 Å². The molecule has 0 aliphatic rings. The fourth-order valence-corrected chi connectivity index (χ4v) is 1.67. The van der Waals surface area contributed by atoms with E-state index in [1.54, 1.807) is 0 Å². The number of ketones is 1. The maximum absolute atomic E-state index is 11.2. The smallest absolute Gasteiger partial charge is 0.189 e. The second-order valence-electron chi connectivity index (χ2n) is 2.35. The Balaban J connectivity index is 3.36. The third-order valence-corrected chi connectivity index (χ3v) is 2.30. The minimum absolute atomic E-state index is 0.116. The van der Waals surface area contributed by atoms with Crippen molar-refractivity contribution in [2.45, 2.75) is 0 Å². The lowest BCUT2D eigenvalue weighted by atomic mass is 10.1. The molecule has 1 rings (SSSR count). The van der Waals surface area contributed by atoms with Crippen LogP contribution in [0.4, 0.5) is 0 Å². The highest BCUT2D eigenvalue weighted by Gasteiger charge is 2.11. The van der Waals surface area contributed by atoms with Crippen LogP contribution in [0.15, 0.2) is 29.3 Å². The Morgan fingerprint density at radius 3 is 2.77 bits per heavy atom. The van der Waals surface area contributed by atoms with Crippen LogP contribution in [0, 0.1) is 0 Å². The minimum Gasteiger partial charge on any atom is -0.506 e. The topological polar surface area (TPSA) is 37.3 Å². The van der Waals surface area contributed by atoms with E-state index in [1.165, 1.54) is 12.1 Å². The van der Waals surface area contributed by atoms with Gasteiger partial charge >= 0.3 is 0 Å². The van der Waals surface area contributed by atoms with E-state index >= 15 is 0 Å². The fraction of sp³-hybridized carbons (Fsp3) is 0. The summed E-state index contributed by atoms with van der Waals surface area (Å²) in [4.78, 5) is 11.2. The molecule has 1 aromatic rings. The average Bonchev–Trinajstić information content (AvgIpc) is 2.10. The summed E-state index contributed by atoms with van der Waals surface area (Å²) >= 11 is 8.77. The highest BCUT2D eigenvalue weighted by Crippen LogP contribution is 2.31. The van der Waals surface area contributed by atoms with Gasteiger partial charge in [-0.25, -0.2) is 0 Å². The number of carbonyl (C=O) groups is 1. The van der Waals surface area contributed by atoms with E-state index < -0.39 is 0 Å². The van der Waals surface area contributed by atoms with E-state index in [0.717, 1.165) is 6.08 Å². The van der Waals surface area contributed by atoms with Crippen molar-refractivity contribution >= 4 is 33.3 Å². The summed E-state index contributed by atoms with van der Waals surface area (Å²) in [5.74, 6) is -0.477. The molecule has 0 amide bonds. The molecule has 0 radical (unpaired) electrons. The molecule has 0 aliphatic carbocycles. The van der Waals surface area contributed by atoms with Gasteiger partial charge in [-0.05, 0) is 34.1 Å². The van der Waals surface area contributed by atoms with Crippen molar-refractivity contribution in [3.05, 3.63) is 39.8 Å². The Hall–Kier alpha value is -0.800. The maximum atomic E-state index is 11.2. The normalized spacial score (nSPS) is 9.69. The molecular formula is C9H6BrClO2. The lowest BCUT2D eigenvalue weighted by Crippen LogP contribution is -1.94. The molecule has 0 fully saturated rings. The van der Waals surface area contributed by atoms with Gasteiger partial charge in [0.15, 0.2) is 5.78 Å². The summed E-state index contributed by atoms with van der Waals surface area (Å²) in [5, 5.41) is 9.83. The van der Waals surface area contributed by atoms with Crippen molar-refractivity contribution in [1.82, 2.24) is 0 Å². The quantitative estimate of drug-likeness (QED) is 0.656. The third kappa shape index (κ3) is 2.11. The highest BCUT2D eigenvalue weighted by molar-refractivity contribution is 9.10. The number of phenolic OH excluding ortho intramolecular Hbond substituents is 1. The largest absolute Gasteiger partial charge is 0.506 e. The number of hydrogen-bond acceptors (Lipinski definition) is 2. The Bertz CT molecular complexity index is 374. The number of hydrogen-bond donors (Lipinski definition) is 1. The van der Waals surface area contributed by atoms with Crippen LogP contribution in [-0.4, -0.2) is 10.9 Å². The van der Waals surface area contributed by atoms with Gasteiger partial charge in [-0.2, -0.15) is 0 Å². The van der Waals surface area contributed by atoms with Crippen LogP contribution in [-0.2, 0) is 0 Å². The van der Waals surface area contributed by atoms with Crippen molar-refractivity contribution in [3.8, 4) is 5.75 Å². The van der Waals surface area contributed by atoms with Crippen LogP contribution < -0.4 is 0 Å². The molecular weight excluding hydrogens is 255 g/mol. The van der Waals surface area contributed by atoms with E-state index in [1.807, 2.05) is 0 Å². The molecule has 68 valence electrons. The lowest BCUT2D eigenvalue weighted by Gasteiger charge is -2.03. The molecule has 0 aliphatic heterocycles. The fourth-order valence-electron chi connectivity index (χ4n) is 0.864. The summed E-state index contributed by atoms with van der Waals surface area (Å²) in [6.45, 7) is 3.32. The Morgan fingerprint density at radius 2 is 2.23 bits per heavy atom. The number of aromatic hydroxyl groups is 1. The van der Waals surface area contributed by atoms with Gasteiger partial charge < -0.3 is 5.11 Å². The zero-order valence-electron chi connectivity index (χ0n) is 6.55. The summed E-state index contributed by atoms with van der Waals surface area (Å²) in [7, 11) is 0. The Morgan fingerprint density at radius 1 is 1.62 bits per heavy atom. The number of halogens is 2. The van der Waals surface area contributed by atoms with Gasteiger partial charge in [-0.15, -0.1) is 0 Å². The summed E-state index contributed by atoms with van der Waals surface area (Å²) in [6.07, 6.45) is 1.12. The van der Waals surface area contributed by atoms with E-state index in [2.05, 4.69) is 22.5 Å². The summed E-state index contributed by atoms with van der Waals surface area (Å²) in [6, 6.07) is 2.91. The van der Waals surface area contributed by atoms with Crippen LogP contribution >= 0.6 is 27.5 Å². The van der Waals surface area contributed by atoms with Crippen LogP contribution in [0.1, 0.15) is 10.4 Å². The SMILES string of the molecule is C=CC(=O)c1cc(Cl)cc(Br)c1O. The molecule has 0 unspecified atom stereocenters. The van der Waals surface area contributed by atoms with Crippen molar-refractivity contribution in [2.24, 2.45) is 0 Å². The summed E-state index contributed by atoms with van der Waals surface area (Å²) < 4.78 is 0.394. The van der Waals surface area contributed by atoms with E-state index in [0.29, 0.717) is 9.50 Å². The number of allylic oxidation sites excluding steroid dienone is 1. The molecule has 13 heavy (non-hydrogen) atoms. The van der Waals surface area contributed by atoms with Crippen LogP contribution in [0.5, 0.6) is 5.75 Å². The lowest BCUT2D eigenvalue weighted by molar-refractivity contribution is 0.104. The first kappa shape index (κ1) is 10.3. The maximum Gasteiger partial charge on any atom is 0.189 e. The second-order valence-corrected chi connectivity index (χ2v) is 3.64. The molecule has 0 heterocycles. The first-order valence-corrected chi connectivity index (χ1v) is 4.58. The van der Waals surface area contributed by atoms with E-state index in [-0.39, 0.29) is 17.1 Å². The van der Waals surface area contributed by atoms with Gasteiger partial charge in [0, 0.05) is 5.02 Å². The van der Waals surface area contributed by atoms with Crippen LogP contribution in [0.25, 0.3) is 0 Å². The first-order valence-electron chi connectivity index (χ1n) is 3.41. The van der Waals surface area contributed by atoms with E-state index in [9.17, 15) is 9.90 Å². The Kier molecular flexibility index (Phi) is 3.12. The van der Waals surface area contributed by atoms with Gasteiger partial charge in [0.05, 0.1) is 10.0 Å². The molecule has 0 atom stereocenters. The van der Waals surface area contributed by atoms with Crippen LogP contribution in [0.2, 0.25) is 5.02 Å². The number of phenols is 1. The molecule has 0 bridgehead atoms.